The summed E-state index contributed by atoms with van der Waals surface area (Å²) in [5.74, 6) is -0.373. The fourth-order valence-corrected chi connectivity index (χ4v) is 4.14. The van der Waals surface area contributed by atoms with Crippen molar-refractivity contribution in [1.82, 2.24) is 0 Å². The van der Waals surface area contributed by atoms with Crippen LogP contribution in [-0.2, 0) is 8.85 Å². The average Bonchev–Trinajstić information content (AvgIpc) is 2.82. The lowest BCUT2D eigenvalue weighted by Gasteiger charge is -2.17. The number of rotatable bonds is 4. The van der Waals surface area contributed by atoms with Gasteiger partial charge in [0, 0.05) is 0 Å². The topological polar surface area (TPSA) is 71.1 Å². The Morgan fingerprint density at radius 2 is 1.23 bits per heavy atom. The van der Waals surface area contributed by atoms with Crippen molar-refractivity contribution in [2.45, 2.75) is 39.3 Å². The molecule has 0 unspecified atom stereocenters. The highest BCUT2D eigenvalue weighted by atomic mass is 32.1. The molecule has 2 heterocycles. The number of ether oxygens (including phenoxy) is 2. The molecule has 0 bridgehead atoms. The monoisotopic (exact) mass is 360 g/mol. The second-order valence-electron chi connectivity index (χ2n) is 6.83. The molecule has 0 spiro atoms. The third-order valence-corrected chi connectivity index (χ3v) is 5.11. The van der Waals surface area contributed by atoms with Gasteiger partial charge in [0.2, 0.25) is 23.4 Å². The molecule has 0 aliphatic carbocycles. The van der Waals surface area contributed by atoms with Crippen LogP contribution in [0.3, 0.4) is 0 Å². The third kappa shape index (κ3) is 3.90. The molecule has 9 heteroatoms. The van der Waals surface area contributed by atoms with Gasteiger partial charge in [0.25, 0.3) is 0 Å². The van der Waals surface area contributed by atoms with Gasteiger partial charge in [-0.3, -0.25) is 0 Å². The van der Waals surface area contributed by atoms with Gasteiger partial charge >= 0.3 is 11.9 Å². The van der Waals surface area contributed by atoms with Crippen LogP contribution in [0.2, 0.25) is 39.3 Å². The Balaban J connectivity index is 2.33. The van der Waals surface area contributed by atoms with Gasteiger partial charge in [-0.05, 0) is 39.3 Å². The Bertz CT molecular complexity index is 561. The second kappa shape index (κ2) is 5.71. The van der Waals surface area contributed by atoms with Crippen molar-refractivity contribution < 1.29 is 27.9 Å². The maximum absolute atomic E-state index is 12.3. The van der Waals surface area contributed by atoms with E-state index in [2.05, 4.69) is 0 Å². The van der Waals surface area contributed by atoms with Crippen LogP contribution in [-0.4, -0.2) is 35.4 Å². The van der Waals surface area contributed by atoms with Crippen molar-refractivity contribution in [3.63, 3.8) is 0 Å². The molecule has 0 atom stereocenters. The summed E-state index contributed by atoms with van der Waals surface area (Å²) in [5, 5.41) is 0. The second-order valence-corrected chi connectivity index (χ2v) is 16.7. The lowest BCUT2D eigenvalue weighted by atomic mass is 10.3. The Hall–Kier alpha value is -1.33. The van der Waals surface area contributed by atoms with Crippen molar-refractivity contribution in [3.05, 3.63) is 9.75 Å². The van der Waals surface area contributed by atoms with Crippen molar-refractivity contribution in [3.8, 4) is 11.5 Å². The Labute approximate surface area is 135 Å². The number of carbonyl (C=O) groups is 2. The van der Waals surface area contributed by atoms with E-state index in [0.29, 0.717) is 0 Å². The largest absolute Gasteiger partial charge is 0.516 e. The van der Waals surface area contributed by atoms with Crippen LogP contribution in [0, 0.1) is 0 Å². The molecule has 1 aliphatic rings. The van der Waals surface area contributed by atoms with E-state index in [1.54, 1.807) is 0 Å². The van der Waals surface area contributed by atoms with Crippen molar-refractivity contribution in [2.75, 3.05) is 6.79 Å². The molecule has 0 aromatic carbocycles. The molecule has 122 valence electrons. The molecular formula is C13H20O6SSi2. The molecule has 2 rings (SSSR count). The average molecular weight is 361 g/mol. The maximum atomic E-state index is 12.3. The zero-order valence-corrected chi connectivity index (χ0v) is 16.4. The molecular weight excluding hydrogens is 340 g/mol. The van der Waals surface area contributed by atoms with Gasteiger partial charge in [0.1, 0.15) is 0 Å². The first-order valence-electron chi connectivity index (χ1n) is 6.87. The van der Waals surface area contributed by atoms with E-state index in [1.165, 1.54) is 0 Å². The molecule has 6 nitrogen and oxygen atoms in total. The van der Waals surface area contributed by atoms with Crippen LogP contribution in [0.5, 0.6) is 11.5 Å². The van der Waals surface area contributed by atoms with E-state index >= 15 is 0 Å². The van der Waals surface area contributed by atoms with E-state index < -0.39 is 28.6 Å². The van der Waals surface area contributed by atoms with Crippen molar-refractivity contribution >= 4 is 39.9 Å². The summed E-state index contributed by atoms with van der Waals surface area (Å²) >= 11 is 1.00. The molecule has 1 aromatic rings. The summed E-state index contributed by atoms with van der Waals surface area (Å²) in [6.45, 7) is 11.5. The van der Waals surface area contributed by atoms with E-state index in [0.717, 1.165) is 11.3 Å². The highest BCUT2D eigenvalue weighted by molar-refractivity contribution is 7.16. The Kier molecular flexibility index (Phi) is 4.42. The fraction of sp³-hybridized carbons (Fsp3) is 0.538. The minimum atomic E-state index is -2.04. The van der Waals surface area contributed by atoms with Gasteiger partial charge in [-0.1, -0.05) is 0 Å². The summed E-state index contributed by atoms with van der Waals surface area (Å²) in [6, 6.07) is 0. The quantitative estimate of drug-likeness (QED) is 0.766. The first-order chi connectivity index (χ1) is 9.98. The lowest BCUT2D eigenvalue weighted by Crippen LogP contribution is -2.29. The molecule has 0 saturated heterocycles. The number of carbonyl (C=O) groups excluding carboxylic acids is 2. The predicted molar refractivity (Wildman–Crippen MR) is 88.0 cm³/mol. The molecule has 0 amide bonds. The summed E-state index contributed by atoms with van der Waals surface area (Å²) in [6.07, 6.45) is 0. The number of hydrogen-bond donors (Lipinski definition) is 0. The zero-order chi connectivity index (χ0) is 16.7. The molecule has 1 aliphatic heterocycles. The van der Waals surface area contributed by atoms with E-state index in [1.807, 2.05) is 39.3 Å². The SMILES string of the molecule is C[Si](C)(C)OC(=O)c1sc(C(=O)O[Si](C)(C)C)c2c1OCO2. The van der Waals surface area contributed by atoms with Crippen LogP contribution in [0.15, 0.2) is 0 Å². The molecule has 0 radical (unpaired) electrons. The van der Waals surface area contributed by atoms with Gasteiger partial charge in [0.05, 0.1) is 0 Å². The number of fused-ring (bicyclic) bond motifs is 1. The van der Waals surface area contributed by atoms with E-state index in [-0.39, 0.29) is 28.0 Å². The Morgan fingerprint density at radius 1 is 0.864 bits per heavy atom. The van der Waals surface area contributed by atoms with Crippen LogP contribution in [0.25, 0.3) is 0 Å². The lowest BCUT2D eigenvalue weighted by molar-refractivity contribution is 0.0718. The summed E-state index contributed by atoms with van der Waals surface area (Å²) in [4.78, 5) is 25.1. The highest BCUT2D eigenvalue weighted by Crippen LogP contribution is 2.46. The first kappa shape index (κ1) is 17.0. The normalized spacial score (nSPS) is 13.9. The van der Waals surface area contributed by atoms with Gasteiger partial charge in [-0.2, -0.15) is 0 Å². The summed E-state index contributed by atoms with van der Waals surface area (Å²) in [5.41, 5.74) is 0. The molecule has 0 N–H and O–H groups in total. The third-order valence-electron chi connectivity index (χ3n) is 2.40. The minimum absolute atomic E-state index is 0.0152. The van der Waals surface area contributed by atoms with Crippen molar-refractivity contribution in [2.24, 2.45) is 0 Å². The van der Waals surface area contributed by atoms with Gasteiger partial charge in [-0.15, -0.1) is 11.3 Å². The zero-order valence-electron chi connectivity index (χ0n) is 13.6. The van der Waals surface area contributed by atoms with Crippen LogP contribution < -0.4 is 9.47 Å². The summed E-state index contributed by atoms with van der Waals surface area (Å²) in [7, 11) is -4.08. The minimum Gasteiger partial charge on any atom is -0.516 e. The van der Waals surface area contributed by atoms with Crippen LogP contribution in [0.1, 0.15) is 19.3 Å². The standard InChI is InChI=1S/C13H20O6SSi2/c1-21(2,3)18-12(14)10-8-9(17-7-16-8)11(20-10)13(15)19-22(4,5)6/h7H2,1-6H3. The van der Waals surface area contributed by atoms with Crippen LogP contribution in [0.4, 0.5) is 0 Å². The van der Waals surface area contributed by atoms with Crippen LogP contribution >= 0.6 is 11.3 Å². The molecule has 0 saturated carbocycles. The summed E-state index contributed by atoms with van der Waals surface area (Å²) < 4.78 is 21.6. The number of hydrogen-bond acceptors (Lipinski definition) is 7. The van der Waals surface area contributed by atoms with E-state index in [9.17, 15) is 9.59 Å². The molecule has 0 fully saturated rings. The first-order valence-corrected chi connectivity index (χ1v) is 14.5. The van der Waals surface area contributed by atoms with Gasteiger partial charge in [0.15, 0.2) is 21.3 Å². The maximum Gasteiger partial charge on any atom is 0.339 e. The highest BCUT2D eigenvalue weighted by Gasteiger charge is 2.36. The smallest absolute Gasteiger partial charge is 0.339 e. The molecule has 1 aromatic heterocycles. The fourth-order valence-electron chi connectivity index (χ4n) is 1.73. The Morgan fingerprint density at radius 3 is 1.55 bits per heavy atom. The predicted octanol–water partition coefficient (Wildman–Crippen LogP) is 3.46. The van der Waals surface area contributed by atoms with Crippen molar-refractivity contribution in [1.29, 1.82) is 0 Å². The van der Waals surface area contributed by atoms with E-state index in [4.69, 9.17) is 18.3 Å². The van der Waals surface area contributed by atoms with Gasteiger partial charge < -0.3 is 18.3 Å². The number of thiophene rings is 1. The molecule has 22 heavy (non-hydrogen) atoms. The van der Waals surface area contributed by atoms with Gasteiger partial charge in [-0.25, -0.2) is 9.59 Å².